The molecule has 0 heterocycles. The van der Waals surface area contributed by atoms with Crippen molar-refractivity contribution >= 4 is 17.7 Å². The molecule has 0 aliphatic carbocycles. The van der Waals surface area contributed by atoms with Gasteiger partial charge in [-0.2, -0.15) is 0 Å². The van der Waals surface area contributed by atoms with Crippen molar-refractivity contribution in [3.63, 3.8) is 0 Å². The van der Waals surface area contributed by atoms with Gasteiger partial charge in [0.2, 0.25) is 0 Å². The summed E-state index contributed by atoms with van der Waals surface area (Å²) in [5, 5.41) is 2.78. The van der Waals surface area contributed by atoms with Crippen LogP contribution in [0.15, 0.2) is 78.9 Å². The second-order valence-corrected chi connectivity index (χ2v) is 7.65. The van der Waals surface area contributed by atoms with E-state index in [2.05, 4.69) is 5.32 Å². The van der Waals surface area contributed by atoms with E-state index in [-0.39, 0.29) is 17.6 Å². The fourth-order valence-electron chi connectivity index (χ4n) is 3.15. The summed E-state index contributed by atoms with van der Waals surface area (Å²) < 4.78 is 5.48. The molecule has 0 radical (unpaired) electrons. The standard InChI is InChI=1S/C26H25NO4/c1-17(2)23(27-25(29)22-12-8-7-9-18(22)3)26(30)31-21-15-13-20(14-16-21)24(28)19-10-5-4-6-11-19/h4-17,23H,1-3H3,(H,27,29)/t23-/m0/s1. The van der Waals surface area contributed by atoms with E-state index in [0.29, 0.717) is 22.4 Å². The van der Waals surface area contributed by atoms with Crippen LogP contribution in [0.3, 0.4) is 0 Å². The number of hydrogen-bond donors (Lipinski definition) is 1. The highest BCUT2D eigenvalue weighted by atomic mass is 16.5. The van der Waals surface area contributed by atoms with Gasteiger partial charge in [-0.15, -0.1) is 0 Å². The SMILES string of the molecule is Cc1ccccc1C(=O)N[C@H](C(=O)Oc1ccc(C(=O)c2ccccc2)cc1)C(C)C. The summed E-state index contributed by atoms with van der Waals surface area (Å²) in [5.41, 5.74) is 2.43. The number of aryl methyl sites for hydroxylation is 1. The van der Waals surface area contributed by atoms with E-state index in [1.54, 1.807) is 60.7 Å². The molecule has 0 fully saturated rings. The fourth-order valence-corrected chi connectivity index (χ4v) is 3.15. The smallest absolute Gasteiger partial charge is 0.334 e. The first-order valence-electron chi connectivity index (χ1n) is 10.1. The number of benzene rings is 3. The van der Waals surface area contributed by atoms with Crippen LogP contribution in [0.2, 0.25) is 0 Å². The van der Waals surface area contributed by atoms with E-state index >= 15 is 0 Å². The largest absolute Gasteiger partial charge is 0.425 e. The van der Waals surface area contributed by atoms with E-state index in [9.17, 15) is 14.4 Å². The first kappa shape index (κ1) is 22.0. The molecule has 0 aliphatic heterocycles. The Balaban J connectivity index is 1.69. The molecule has 5 heteroatoms. The predicted molar refractivity (Wildman–Crippen MR) is 119 cm³/mol. The summed E-state index contributed by atoms with van der Waals surface area (Å²) in [6.45, 7) is 5.52. The van der Waals surface area contributed by atoms with E-state index in [1.165, 1.54) is 0 Å². The molecule has 3 aromatic carbocycles. The van der Waals surface area contributed by atoms with Crippen molar-refractivity contribution < 1.29 is 19.1 Å². The van der Waals surface area contributed by atoms with Crippen LogP contribution in [-0.2, 0) is 4.79 Å². The molecule has 0 spiro atoms. The highest BCUT2D eigenvalue weighted by Gasteiger charge is 2.27. The maximum Gasteiger partial charge on any atom is 0.334 e. The first-order valence-corrected chi connectivity index (χ1v) is 10.1. The molecule has 1 atom stereocenters. The number of carbonyl (C=O) groups is 3. The summed E-state index contributed by atoms with van der Waals surface area (Å²) in [5.74, 6) is -0.842. The number of nitrogens with one attached hydrogen (secondary N) is 1. The summed E-state index contributed by atoms with van der Waals surface area (Å²) in [7, 11) is 0. The Bertz CT molecular complexity index is 1070. The van der Waals surface area contributed by atoms with Gasteiger partial charge in [-0.1, -0.05) is 62.4 Å². The van der Waals surface area contributed by atoms with Gasteiger partial charge < -0.3 is 10.1 Å². The lowest BCUT2D eigenvalue weighted by Crippen LogP contribution is -2.46. The molecule has 158 valence electrons. The highest BCUT2D eigenvalue weighted by Crippen LogP contribution is 2.17. The van der Waals surface area contributed by atoms with Crippen molar-refractivity contribution in [2.45, 2.75) is 26.8 Å². The average molecular weight is 415 g/mol. The molecule has 3 aromatic rings. The number of carbonyl (C=O) groups excluding carboxylic acids is 3. The Kier molecular flexibility index (Phi) is 6.98. The second kappa shape index (κ2) is 9.85. The van der Waals surface area contributed by atoms with Crippen molar-refractivity contribution in [3.8, 4) is 5.75 Å². The molecule has 0 unspecified atom stereocenters. The van der Waals surface area contributed by atoms with Gasteiger partial charge >= 0.3 is 5.97 Å². The van der Waals surface area contributed by atoms with Crippen LogP contribution in [0, 0.1) is 12.8 Å². The maximum absolute atomic E-state index is 12.7. The Hall–Kier alpha value is -3.73. The Labute approximate surface area is 182 Å². The molecule has 0 saturated heterocycles. The lowest BCUT2D eigenvalue weighted by molar-refractivity contribution is -0.137. The van der Waals surface area contributed by atoms with Crippen molar-refractivity contribution in [3.05, 3.63) is 101 Å². The molecule has 3 rings (SSSR count). The van der Waals surface area contributed by atoms with Gasteiger partial charge in [0.15, 0.2) is 5.78 Å². The summed E-state index contributed by atoms with van der Waals surface area (Å²) >= 11 is 0. The number of ketones is 1. The highest BCUT2D eigenvalue weighted by molar-refractivity contribution is 6.09. The quantitative estimate of drug-likeness (QED) is 0.348. The number of ether oxygens (including phenoxy) is 1. The predicted octanol–water partition coefficient (Wildman–Crippen LogP) is 4.59. The van der Waals surface area contributed by atoms with Gasteiger partial charge in [-0.3, -0.25) is 9.59 Å². The summed E-state index contributed by atoms with van der Waals surface area (Å²) in [4.78, 5) is 37.9. The third-order valence-corrected chi connectivity index (χ3v) is 4.97. The molecular formula is C26H25NO4. The monoisotopic (exact) mass is 415 g/mol. The van der Waals surface area contributed by atoms with Gasteiger partial charge in [0, 0.05) is 16.7 Å². The van der Waals surface area contributed by atoms with Crippen molar-refractivity contribution in [1.82, 2.24) is 5.32 Å². The molecule has 0 saturated carbocycles. The van der Waals surface area contributed by atoms with E-state index in [1.807, 2.05) is 39.0 Å². The maximum atomic E-state index is 12.7. The Morgan fingerprint density at radius 2 is 1.35 bits per heavy atom. The Morgan fingerprint density at radius 1 is 0.774 bits per heavy atom. The number of esters is 1. The van der Waals surface area contributed by atoms with Crippen LogP contribution in [-0.4, -0.2) is 23.7 Å². The van der Waals surface area contributed by atoms with E-state index in [4.69, 9.17) is 4.74 Å². The van der Waals surface area contributed by atoms with Gasteiger partial charge in [-0.25, -0.2) is 4.79 Å². The van der Waals surface area contributed by atoms with E-state index in [0.717, 1.165) is 5.56 Å². The van der Waals surface area contributed by atoms with Crippen LogP contribution < -0.4 is 10.1 Å². The minimum Gasteiger partial charge on any atom is -0.425 e. The van der Waals surface area contributed by atoms with E-state index < -0.39 is 12.0 Å². The number of hydrogen-bond acceptors (Lipinski definition) is 4. The second-order valence-electron chi connectivity index (χ2n) is 7.65. The zero-order chi connectivity index (χ0) is 22.4. The Morgan fingerprint density at radius 3 is 1.97 bits per heavy atom. The topological polar surface area (TPSA) is 72.5 Å². The molecule has 5 nitrogen and oxygen atoms in total. The molecule has 1 N–H and O–H groups in total. The number of amides is 1. The summed E-state index contributed by atoms with van der Waals surface area (Å²) in [6, 6.07) is 21.7. The zero-order valence-electron chi connectivity index (χ0n) is 17.8. The molecule has 0 aromatic heterocycles. The van der Waals surface area contributed by atoms with Crippen molar-refractivity contribution in [1.29, 1.82) is 0 Å². The van der Waals surface area contributed by atoms with Crippen molar-refractivity contribution in [2.24, 2.45) is 5.92 Å². The molecule has 0 bridgehead atoms. The molecular weight excluding hydrogens is 390 g/mol. The van der Waals surface area contributed by atoms with Gasteiger partial charge in [-0.05, 0) is 48.7 Å². The minimum atomic E-state index is -0.808. The lowest BCUT2D eigenvalue weighted by atomic mass is 10.0. The van der Waals surface area contributed by atoms with Crippen LogP contribution in [0.5, 0.6) is 5.75 Å². The van der Waals surface area contributed by atoms with Crippen molar-refractivity contribution in [2.75, 3.05) is 0 Å². The minimum absolute atomic E-state index is 0.107. The van der Waals surface area contributed by atoms with Gasteiger partial charge in [0.1, 0.15) is 11.8 Å². The van der Waals surface area contributed by atoms with Crippen LogP contribution in [0.25, 0.3) is 0 Å². The van der Waals surface area contributed by atoms with Crippen LogP contribution in [0.4, 0.5) is 0 Å². The van der Waals surface area contributed by atoms with Crippen LogP contribution in [0.1, 0.15) is 45.7 Å². The third-order valence-electron chi connectivity index (χ3n) is 4.97. The number of rotatable bonds is 7. The average Bonchev–Trinajstić information content (AvgIpc) is 2.78. The fraction of sp³-hybridized carbons (Fsp3) is 0.192. The normalized spacial score (nSPS) is 11.6. The lowest BCUT2D eigenvalue weighted by Gasteiger charge is -2.21. The first-order chi connectivity index (χ1) is 14.9. The summed E-state index contributed by atoms with van der Waals surface area (Å²) in [6.07, 6.45) is 0. The third kappa shape index (κ3) is 5.45. The molecule has 31 heavy (non-hydrogen) atoms. The van der Waals surface area contributed by atoms with Gasteiger partial charge in [0.05, 0.1) is 0 Å². The zero-order valence-corrected chi connectivity index (χ0v) is 17.8. The molecule has 1 amide bonds. The molecule has 0 aliphatic rings. The van der Waals surface area contributed by atoms with Gasteiger partial charge in [0.25, 0.3) is 5.91 Å². The van der Waals surface area contributed by atoms with Crippen LogP contribution >= 0.6 is 0 Å².